The van der Waals surface area contributed by atoms with Gasteiger partial charge in [0.1, 0.15) is 5.82 Å². The molecular formula is C16H23FN2O. The van der Waals surface area contributed by atoms with Crippen molar-refractivity contribution >= 4 is 11.6 Å². The summed E-state index contributed by atoms with van der Waals surface area (Å²) in [4.78, 5) is 11.4. The molecule has 1 unspecified atom stereocenters. The molecule has 0 saturated carbocycles. The largest absolute Gasteiger partial charge is 0.326 e. The number of nitrogens with one attached hydrogen (secondary N) is 2. The Morgan fingerprint density at radius 3 is 2.60 bits per heavy atom. The quantitative estimate of drug-likeness (QED) is 0.866. The summed E-state index contributed by atoms with van der Waals surface area (Å²) in [5, 5.41) is 5.99. The molecule has 3 nitrogen and oxygen atoms in total. The molecule has 0 fully saturated rings. The Morgan fingerprint density at radius 2 is 2.00 bits per heavy atom. The third-order valence-electron chi connectivity index (χ3n) is 4.28. The third-order valence-corrected chi connectivity index (χ3v) is 4.28. The summed E-state index contributed by atoms with van der Waals surface area (Å²) >= 11 is 0. The predicted octanol–water partition coefficient (Wildman–Crippen LogP) is 3.41. The molecule has 4 heteroatoms. The van der Waals surface area contributed by atoms with Crippen LogP contribution in [0.1, 0.15) is 50.3 Å². The van der Waals surface area contributed by atoms with Crippen LogP contribution in [0.4, 0.5) is 10.1 Å². The second-order valence-electron chi connectivity index (χ2n) is 5.42. The van der Waals surface area contributed by atoms with Crippen molar-refractivity contribution in [3.8, 4) is 0 Å². The van der Waals surface area contributed by atoms with Crippen LogP contribution in [-0.2, 0) is 11.2 Å². The molecule has 0 saturated heterocycles. The van der Waals surface area contributed by atoms with E-state index in [0.29, 0.717) is 24.4 Å². The lowest BCUT2D eigenvalue weighted by molar-refractivity contribution is -0.116. The van der Waals surface area contributed by atoms with Gasteiger partial charge in [-0.15, -0.1) is 0 Å². The summed E-state index contributed by atoms with van der Waals surface area (Å²) in [6, 6.07) is 3.41. The lowest BCUT2D eigenvalue weighted by Crippen LogP contribution is -2.27. The first kappa shape index (κ1) is 15.0. The Balaban J connectivity index is 2.38. The zero-order chi connectivity index (χ0) is 14.7. The zero-order valence-electron chi connectivity index (χ0n) is 12.4. The molecule has 0 aromatic heterocycles. The summed E-state index contributed by atoms with van der Waals surface area (Å²) in [6.45, 7) is 4.27. The molecule has 2 rings (SSSR count). The maximum absolute atomic E-state index is 14.4. The lowest BCUT2D eigenvalue weighted by atomic mass is 9.87. The number of anilines is 1. The van der Waals surface area contributed by atoms with Gasteiger partial charge in [-0.3, -0.25) is 4.79 Å². The smallest absolute Gasteiger partial charge is 0.224 e. The van der Waals surface area contributed by atoms with Crippen LogP contribution in [0.25, 0.3) is 0 Å². The Kier molecular flexibility index (Phi) is 4.76. The van der Waals surface area contributed by atoms with E-state index in [4.69, 9.17) is 0 Å². The SMILES string of the molecule is CCC(CC)C(NC)c1cc2c(cc1F)NC(=O)CC2. The number of carbonyl (C=O) groups excluding carboxylic acids is 1. The number of hydrogen-bond donors (Lipinski definition) is 2. The van der Waals surface area contributed by atoms with Gasteiger partial charge in [0.15, 0.2) is 0 Å². The van der Waals surface area contributed by atoms with Gasteiger partial charge in [0, 0.05) is 23.7 Å². The molecule has 0 radical (unpaired) electrons. The van der Waals surface area contributed by atoms with Crippen molar-refractivity contribution in [3.63, 3.8) is 0 Å². The van der Waals surface area contributed by atoms with Crippen molar-refractivity contribution in [2.75, 3.05) is 12.4 Å². The number of amides is 1. The molecule has 0 aliphatic carbocycles. The van der Waals surface area contributed by atoms with Gasteiger partial charge in [0.05, 0.1) is 0 Å². The molecule has 1 aliphatic rings. The number of fused-ring (bicyclic) bond motifs is 1. The van der Waals surface area contributed by atoms with Crippen molar-refractivity contribution < 1.29 is 9.18 Å². The summed E-state index contributed by atoms with van der Waals surface area (Å²) in [5.41, 5.74) is 2.38. The second kappa shape index (κ2) is 6.35. The fourth-order valence-corrected chi connectivity index (χ4v) is 3.06. The van der Waals surface area contributed by atoms with E-state index in [-0.39, 0.29) is 17.8 Å². The minimum atomic E-state index is -0.239. The van der Waals surface area contributed by atoms with Crippen molar-refractivity contribution in [1.82, 2.24) is 5.32 Å². The highest BCUT2D eigenvalue weighted by Gasteiger charge is 2.25. The molecule has 1 amide bonds. The lowest BCUT2D eigenvalue weighted by Gasteiger charge is -2.27. The van der Waals surface area contributed by atoms with Crippen LogP contribution in [0.15, 0.2) is 12.1 Å². The van der Waals surface area contributed by atoms with E-state index in [1.54, 1.807) is 0 Å². The number of hydrogen-bond acceptors (Lipinski definition) is 2. The van der Waals surface area contributed by atoms with E-state index < -0.39 is 0 Å². The number of carbonyl (C=O) groups is 1. The standard InChI is InChI=1S/C16H23FN2O/c1-4-10(5-2)16(18-3)12-8-11-6-7-15(20)19-14(11)9-13(12)17/h8-10,16,18H,4-7H2,1-3H3,(H,19,20). The molecule has 1 atom stereocenters. The monoisotopic (exact) mass is 278 g/mol. The van der Waals surface area contributed by atoms with Gasteiger partial charge in [-0.25, -0.2) is 4.39 Å². The first-order valence-corrected chi connectivity index (χ1v) is 7.40. The molecule has 110 valence electrons. The van der Waals surface area contributed by atoms with Crippen LogP contribution in [-0.4, -0.2) is 13.0 Å². The molecule has 2 N–H and O–H groups in total. The van der Waals surface area contributed by atoms with Crippen LogP contribution < -0.4 is 10.6 Å². The summed E-state index contributed by atoms with van der Waals surface area (Å²) in [6.07, 6.45) is 3.19. The highest BCUT2D eigenvalue weighted by atomic mass is 19.1. The maximum Gasteiger partial charge on any atom is 0.224 e. The molecule has 1 aromatic rings. The molecule has 1 aromatic carbocycles. The van der Waals surface area contributed by atoms with Gasteiger partial charge in [-0.05, 0) is 37.1 Å². The highest BCUT2D eigenvalue weighted by molar-refractivity contribution is 5.93. The van der Waals surface area contributed by atoms with Crippen molar-refractivity contribution in [2.45, 2.75) is 45.6 Å². The average molecular weight is 278 g/mol. The van der Waals surface area contributed by atoms with Crippen molar-refractivity contribution in [1.29, 1.82) is 0 Å². The Labute approximate surface area is 120 Å². The van der Waals surface area contributed by atoms with Gasteiger partial charge < -0.3 is 10.6 Å². The summed E-state index contributed by atoms with van der Waals surface area (Å²) < 4.78 is 14.4. The van der Waals surface area contributed by atoms with Gasteiger partial charge in [-0.1, -0.05) is 26.7 Å². The van der Waals surface area contributed by atoms with Gasteiger partial charge in [0.2, 0.25) is 5.91 Å². The summed E-state index contributed by atoms with van der Waals surface area (Å²) in [7, 11) is 1.88. The minimum absolute atomic E-state index is 0.0212. The van der Waals surface area contributed by atoms with Crippen molar-refractivity contribution in [3.05, 3.63) is 29.1 Å². The van der Waals surface area contributed by atoms with E-state index in [9.17, 15) is 9.18 Å². The average Bonchev–Trinajstić information content (AvgIpc) is 2.44. The normalized spacial score (nSPS) is 15.9. The Morgan fingerprint density at radius 1 is 1.30 bits per heavy atom. The zero-order valence-corrected chi connectivity index (χ0v) is 12.4. The molecule has 20 heavy (non-hydrogen) atoms. The minimum Gasteiger partial charge on any atom is -0.326 e. The van der Waals surface area contributed by atoms with Crippen LogP contribution in [0.3, 0.4) is 0 Å². The second-order valence-corrected chi connectivity index (χ2v) is 5.42. The van der Waals surface area contributed by atoms with Gasteiger partial charge in [0.25, 0.3) is 0 Å². The predicted molar refractivity (Wildman–Crippen MR) is 79.2 cm³/mol. The molecule has 1 heterocycles. The number of aryl methyl sites for hydroxylation is 1. The van der Waals surface area contributed by atoms with Gasteiger partial charge >= 0.3 is 0 Å². The molecule has 1 aliphatic heterocycles. The number of benzene rings is 1. The van der Waals surface area contributed by atoms with E-state index in [1.165, 1.54) is 6.07 Å². The van der Waals surface area contributed by atoms with Gasteiger partial charge in [-0.2, -0.15) is 0 Å². The van der Waals surface area contributed by atoms with E-state index >= 15 is 0 Å². The molecule has 0 spiro atoms. The summed E-state index contributed by atoms with van der Waals surface area (Å²) in [5.74, 6) is 0.137. The van der Waals surface area contributed by atoms with Crippen LogP contribution >= 0.6 is 0 Å². The topological polar surface area (TPSA) is 41.1 Å². The van der Waals surface area contributed by atoms with E-state index in [2.05, 4.69) is 24.5 Å². The number of rotatable bonds is 5. The maximum atomic E-state index is 14.4. The highest BCUT2D eigenvalue weighted by Crippen LogP contribution is 2.33. The van der Waals surface area contributed by atoms with E-state index in [1.807, 2.05) is 13.1 Å². The first-order chi connectivity index (χ1) is 9.60. The van der Waals surface area contributed by atoms with Crippen molar-refractivity contribution in [2.24, 2.45) is 5.92 Å². The Hall–Kier alpha value is -1.42. The molecular weight excluding hydrogens is 255 g/mol. The van der Waals surface area contributed by atoms with E-state index in [0.717, 1.165) is 24.0 Å². The van der Waals surface area contributed by atoms with Crippen LogP contribution in [0.2, 0.25) is 0 Å². The number of halogens is 1. The van der Waals surface area contributed by atoms with Crippen LogP contribution in [0.5, 0.6) is 0 Å². The fourth-order valence-electron chi connectivity index (χ4n) is 3.06. The fraction of sp³-hybridized carbons (Fsp3) is 0.562. The Bertz CT molecular complexity index is 497. The molecule has 0 bridgehead atoms. The third kappa shape index (κ3) is 2.85. The van der Waals surface area contributed by atoms with Crippen LogP contribution in [0, 0.1) is 11.7 Å². The first-order valence-electron chi connectivity index (χ1n) is 7.40.